The average Bonchev–Trinajstić information content (AvgIpc) is 2.68. The number of hydrazine groups is 1. The first-order valence-corrected chi connectivity index (χ1v) is 9.62. The molecule has 0 aromatic heterocycles. The molecule has 0 aliphatic rings. The highest BCUT2D eigenvalue weighted by molar-refractivity contribution is 7.98. The number of ether oxygens (including phenoxy) is 1. The maximum atomic E-state index is 5.53. The van der Waals surface area contributed by atoms with Crippen molar-refractivity contribution in [3.05, 3.63) is 89.5 Å². The number of para-hydroxylation sites is 1. The Kier molecular flexibility index (Phi) is 6.58. The molecule has 134 valence electrons. The molecule has 26 heavy (non-hydrogen) atoms. The van der Waals surface area contributed by atoms with Crippen LogP contribution in [0.5, 0.6) is 5.75 Å². The molecule has 0 atom stereocenters. The molecule has 0 amide bonds. The highest BCUT2D eigenvalue weighted by Gasteiger charge is 2.06. The Bertz CT molecular complexity index is 819. The van der Waals surface area contributed by atoms with Crippen LogP contribution < -0.4 is 15.6 Å². The number of benzene rings is 3. The minimum atomic E-state index is 0.737. The summed E-state index contributed by atoms with van der Waals surface area (Å²) < 4.78 is 5.53. The fourth-order valence-electron chi connectivity index (χ4n) is 2.62. The van der Waals surface area contributed by atoms with E-state index in [0.29, 0.717) is 0 Å². The second-order valence-corrected chi connectivity index (χ2v) is 7.14. The van der Waals surface area contributed by atoms with Crippen LogP contribution in [0.25, 0.3) is 0 Å². The first kappa shape index (κ1) is 18.4. The fourth-order valence-corrected chi connectivity index (χ4v) is 3.50. The molecule has 3 aromatic rings. The number of rotatable bonds is 8. The van der Waals surface area contributed by atoms with Crippen LogP contribution in [-0.4, -0.2) is 7.11 Å². The van der Waals surface area contributed by atoms with Gasteiger partial charge in [-0.3, -0.25) is 0 Å². The Labute approximate surface area is 159 Å². The molecule has 4 heteroatoms. The van der Waals surface area contributed by atoms with Gasteiger partial charge in [-0.1, -0.05) is 42.0 Å². The van der Waals surface area contributed by atoms with Crippen LogP contribution in [0, 0.1) is 6.92 Å². The van der Waals surface area contributed by atoms with Gasteiger partial charge in [0, 0.05) is 28.4 Å². The molecule has 0 aliphatic heterocycles. The third-order valence-electron chi connectivity index (χ3n) is 4.06. The summed E-state index contributed by atoms with van der Waals surface area (Å²) in [4.78, 5) is 1.27. The molecule has 0 unspecified atom stereocenters. The summed E-state index contributed by atoms with van der Waals surface area (Å²) in [6.07, 6.45) is 0. The van der Waals surface area contributed by atoms with Crippen molar-refractivity contribution in [3.8, 4) is 5.75 Å². The zero-order valence-electron chi connectivity index (χ0n) is 15.2. The van der Waals surface area contributed by atoms with E-state index in [4.69, 9.17) is 4.74 Å². The van der Waals surface area contributed by atoms with Crippen LogP contribution in [0.3, 0.4) is 0 Å². The van der Waals surface area contributed by atoms with E-state index in [1.54, 1.807) is 7.11 Å². The minimum Gasteiger partial charge on any atom is -0.496 e. The van der Waals surface area contributed by atoms with Gasteiger partial charge in [0.2, 0.25) is 0 Å². The molecule has 0 saturated carbocycles. The smallest absolute Gasteiger partial charge is 0.122 e. The van der Waals surface area contributed by atoms with E-state index in [9.17, 15) is 0 Å². The number of hydrogen-bond acceptors (Lipinski definition) is 4. The molecule has 0 bridgehead atoms. The standard InChI is InChI=1S/C22H24N2OS/c1-17-8-11-21(12-9-17)26-16-19-14-18(10-13-22(19)25-2)15-23-24-20-6-4-3-5-7-20/h3-14,23-24H,15-16H2,1-2H3. The van der Waals surface area contributed by atoms with Crippen molar-refractivity contribution in [3.63, 3.8) is 0 Å². The van der Waals surface area contributed by atoms with Gasteiger partial charge in [0.15, 0.2) is 0 Å². The topological polar surface area (TPSA) is 33.3 Å². The zero-order valence-corrected chi connectivity index (χ0v) is 16.0. The third-order valence-corrected chi connectivity index (χ3v) is 5.12. The summed E-state index contributed by atoms with van der Waals surface area (Å²) >= 11 is 1.83. The molecular formula is C22H24N2OS. The van der Waals surface area contributed by atoms with Crippen molar-refractivity contribution >= 4 is 17.4 Å². The second kappa shape index (κ2) is 9.32. The molecule has 0 fully saturated rings. The van der Waals surface area contributed by atoms with Crippen LogP contribution in [0.1, 0.15) is 16.7 Å². The molecule has 0 aliphatic carbocycles. The van der Waals surface area contributed by atoms with Crippen LogP contribution in [0.15, 0.2) is 77.7 Å². The van der Waals surface area contributed by atoms with Crippen LogP contribution >= 0.6 is 11.8 Å². The van der Waals surface area contributed by atoms with E-state index in [2.05, 4.69) is 54.2 Å². The lowest BCUT2D eigenvalue weighted by atomic mass is 10.1. The Hall–Kier alpha value is -2.43. The highest BCUT2D eigenvalue weighted by Crippen LogP contribution is 2.29. The van der Waals surface area contributed by atoms with Crippen molar-refractivity contribution in [2.75, 3.05) is 12.5 Å². The average molecular weight is 365 g/mol. The predicted octanol–water partition coefficient (Wildman–Crippen LogP) is 5.41. The van der Waals surface area contributed by atoms with Crippen molar-refractivity contribution in [2.45, 2.75) is 24.1 Å². The zero-order chi connectivity index (χ0) is 18.2. The summed E-state index contributed by atoms with van der Waals surface area (Å²) in [7, 11) is 1.73. The largest absolute Gasteiger partial charge is 0.496 e. The predicted molar refractivity (Wildman–Crippen MR) is 111 cm³/mol. The fraction of sp³-hybridized carbons (Fsp3) is 0.182. The lowest BCUT2D eigenvalue weighted by Gasteiger charge is -2.12. The van der Waals surface area contributed by atoms with E-state index >= 15 is 0 Å². The summed E-state index contributed by atoms with van der Waals surface area (Å²) in [5.41, 5.74) is 11.2. The summed E-state index contributed by atoms with van der Waals surface area (Å²) in [5.74, 6) is 1.82. The molecule has 3 rings (SSSR count). The van der Waals surface area contributed by atoms with Crippen molar-refractivity contribution < 1.29 is 4.74 Å². The normalized spacial score (nSPS) is 10.5. The summed E-state index contributed by atoms with van der Waals surface area (Å²) in [5, 5.41) is 0. The van der Waals surface area contributed by atoms with Crippen molar-refractivity contribution in [2.24, 2.45) is 0 Å². The van der Waals surface area contributed by atoms with Gasteiger partial charge in [0.05, 0.1) is 7.11 Å². The summed E-state index contributed by atoms with van der Waals surface area (Å²) in [6.45, 7) is 2.85. The quantitative estimate of drug-likeness (QED) is 0.413. The number of hydrogen-bond donors (Lipinski definition) is 2. The lowest BCUT2D eigenvalue weighted by molar-refractivity contribution is 0.411. The Morgan fingerprint density at radius 3 is 2.42 bits per heavy atom. The number of aryl methyl sites for hydroxylation is 1. The lowest BCUT2D eigenvalue weighted by Crippen LogP contribution is -2.20. The molecule has 3 nitrogen and oxygen atoms in total. The molecule has 3 aromatic carbocycles. The Balaban J connectivity index is 1.61. The number of thioether (sulfide) groups is 1. The van der Waals surface area contributed by atoms with Gasteiger partial charge in [-0.25, -0.2) is 5.43 Å². The molecule has 0 spiro atoms. The Morgan fingerprint density at radius 2 is 1.69 bits per heavy atom. The third kappa shape index (κ3) is 5.28. The number of methoxy groups -OCH3 is 1. The maximum Gasteiger partial charge on any atom is 0.122 e. The number of anilines is 1. The first-order chi connectivity index (χ1) is 12.7. The van der Waals surface area contributed by atoms with E-state index in [-0.39, 0.29) is 0 Å². The first-order valence-electron chi connectivity index (χ1n) is 8.64. The van der Waals surface area contributed by atoms with E-state index in [1.165, 1.54) is 21.6 Å². The van der Waals surface area contributed by atoms with E-state index < -0.39 is 0 Å². The SMILES string of the molecule is COc1ccc(CNNc2ccccc2)cc1CSc1ccc(C)cc1. The van der Waals surface area contributed by atoms with Gasteiger partial charge in [0.1, 0.15) is 5.75 Å². The van der Waals surface area contributed by atoms with Gasteiger partial charge < -0.3 is 10.2 Å². The van der Waals surface area contributed by atoms with Gasteiger partial charge >= 0.3 is 0 Å². The molecule has 0 radical (unpaired) electrons. The Morgan fingerprint density at radius 1 is 0.923 bits per heavy atom. The molecule has 0 saturated heterocycles. The van der Waals surface area contributed by atoms with Gasteiger partial charge in [-0.15, -0.1) is 11.8 Å². The monoisotopic (exact) mass is 364 g/mol. The van der Waals surface area contributed by atoms with Crippen molar-refractivity contribution in [1.29, 1.82) is 0 Å². The minimum absolute atomic E-state index is 0.737. The van der Waals surface area contributed by atoms with Crippen LogP contribution in [0.4, 0.5) is 5.69 Å². The van der Waals surface area contributed by atoms with Crippen LogP contribution in [-0.2, 0) is 12.3 Å². The molecule has 0 heterocycles. The number of nitrogens with one attached hydrogen (secondary N) is 2. The summed E-state index contributed by atoms with van der Waals surface area (Å²) in [6, 6.07) is 25.1. The van der Waals surface area contributed by atoms with Gasteiger partial charge in [-0.05, 0) is 48.9 Å². The molecule has 2 N–H and O–H groups in total. The van der Waals surface area contributed by atoms with E-state index in [1.807, 2.05) is 48.2 Å². The second-order valence-electron chi connectivity index (χ2n) is 6.09. The van der Waals surface area contributed by atoms with E-state index in [0.717, 1.165) is 23.7 Å². The van der Waals surface area contributed by atoms with Crippen molar-refractivity contribution in [1.82, 2.24) is 5.43 Å². The van der Waals surface area contributed by atoms with Gasteiger partial charge in [-0.2, -0.15) is 0 Å². The molecular weight excluding hydrogens is 340 g/mol. The van der Waals surface area contributed by atoms with Crippen LogP contribution in [0.2, 0.25) is 0 Å². The highest BCUT2D eigenvalue weighted by atomic mass is 32.2. The maximum absolute atomic E-state index is 5.53. The van der Waals surface area contributed by atoms with Gasteiger partial charge in [0.25, 0.3) is 0 Å².